The van der Waals surface area contributed by atoms with Crippen molar-refractivity contribution in [1.29, 1.82) is 0 Å². The van der Waals surface area contributed by atoms with Crippen LogP contribution in [0.1, 0.15) is 19.5 Å². The number of hydrogen-bond donors (Lipinski definition) is 2. The summed E-state index contributed by atoms with van der Waals surface area (Å²) in [5.74, 6) is 2.31. The number of nitrogens with zero attached hydrogens (tertiary/aromatic N) is 2. The second-order valence-electron chi connectivity index (χ2n) is 4.41. The first-order valence-electron chi connectivity index (χ1n) is 6.90. The predicted octanol–water partition coefficient (Wildman–Crippen LogP) is 2.91. The summed E-state index contributed by atoms with van der Waals surface area (Å²) in [6, 6.07) is 7.48. The molecule has 6 heteroatoms. The summed E-state index contributed by atoms with van der Waals surface area (Å²) in [7, 11) is 0. The standard InChI is InChI=1S/C15H20N4O2/c1-4-20-12-7-6-11(9-13(12)21-5-2)18-14-8-10(3)17-15(16)19-14/h6-9H,4-5H2,1-3H3,(H3,16,17,18,19). The molecule has 21 heavy (non-hydrogen) atoms. The molecule has 0 saturated heterocycles. The van der Waals surface area contributed by atoms with Crippen molar-refractivity contribution in [1.82, 2.24) is 9.97 Å². The van der Waals surface area contributed by atoms with Gasteiger partial charge in [-0.1, -0.05) is 0 Å². The number of nitrogens with two attached hydrogens (primary N) is 1. The molecular weight excluding hydrogens is 268 g/mol. The summed E-state index contributed by atoms with van der Waals surface area (Å²) in [6.07, 6.45) is 0. The van der Waals surface area contributed by atoms with Gasteiger partial charge in [-0.2, -0.15) is 4.98 Å². The summed E-state index contributed by atoms with van der Waals surface area (Å²) < 4.78 is 11.1. The van der Waals surface area contributed by atoms with Crippen LogP contribution in [0, 0.1) is 6.92 Å². The fourth-order valence-electron chi connectivity index (χ4n) is 1.93. The zero-order chi connectivity index (χ0) is 15.2. The number of hydrogen-bond acceptors (Lipinski definition) is 6. The smallest absolute Gasteiger partial charge is 0.222 e. The highest BCUT2D eigenvalue weighted by atomic mass is 16.5. The zero-order valence-electron chi connectivity index (χ0n) is 12.5. The summed E-state index contributed by atoms with van der Waals surface area (Å²) >= 11 is 0. The summed E-state index contributed by atoms with van der Waals surface area (Å²) in [6.45, 7) is 6.91. The maximum Gasteiger partial charge on any atom is 0.222 e. The molecule has 112 valence electrons. The Bertz CT molecular complexity index is 596. The number of aromatic nitrogens is 2. The molecule has 0 atom stereocenters. The molecule has 0 bridgehead atoms. The van der Waals surface area contributed by atoms with Gasteiger partial charge in [-0.15, -0.1) is 0 Å². The zero-order valence-corrected chi connectivity index (χ0v) is 12.5. The number of rotatable bonds is 6. The van der Waals surface area contributed by atoms with Gasteiger partial charge < -0.3 is 20.5 Å². The molecule has 2 rings (SSSR count). The van der Waals surface area contributed by atoms with E-state index in [-0.39, 0.29) is 5.95 Å². The summed E-state index contributed by atoms with van der Waals surface area (Å²) in [5.41, 5.74) is 7.30. The molecule has 1 aromatic carbocycles. The second kappa shape index (κ2) is 6.78. The number of aryl methyl sites for hydroxylation is 1. The van der Waals surface area contributed by atoms with E-state index in [9.17, 15) is 0 Å². The Balaban J connectivity index is 2.25. The van der Waals surface area contributed by atoms with Crippen LogP contribution in [-0.4, -0.2) is 23.2 Å². The first kappa shape index (κ1) is 14.9. The van der Waals surface area contributed by atoms with Crippen LogP contribution >= 0.6 is 0 Å². The van der Waals surface area contributed by atoms with Crippen molar-refractivity contribution in [2.45, 2.75) is 20.8 Å². The molecule has 1 heterocycles. The number of benzene rings is 1. The van der Waals surface area contributed by atoms with Crippen molar-refractivity contribution in [2.24, 2.45) is 0 Å². The first-order valence-corrected chi connectivity index (χ1v) is 6.90. The van der Waals surface area contributed by atoms with Gasteiger partial charge in [-0.25, -0.2) is 4.98 Å². The van der Waals surface area contributed by atoms with Crippen molar-refractivity contribution >= 4 is 17.5 Å². The van der Waals surface area contributed by atoms with Crippen LogP contribution in [0.5, 0.6) is 11.5 Å². The molecule has 0 aliphatic heterocycles. The highest BCUT2D eigenvalue weighted by molar-refractivity contribution is 5.62. The van der Waals surface area contributed by atoms with E-state index < -0.39 is 0 Å². The van der Waals surface area contributed by atoms with Gasteiger partial charge >= 0.3 is 0 Å². The second-order valence-corrected chi connectivity index (χ2v) is 4.41. The third kappa shape index (κ3) is 3.98. The minimum absolute atomic E-state index is 0.244. The van der Waals surface area contributed by atoms with Gasteiger partial charge in [0.15, 0.2) is 11.5 Å². The van der Waals surface area contributed by atoms with Crippen molar-refractivity contribution < 1.29 is 9.47 Å². The van der Waals surface area contributed by atoms with Gasteiger partial charge in [0.25, 0.3) is 0 Å². The lowest BCUT2D eigenvalue weighted by Crippen LogP contribution is -2.02. The Morgan fingerprint density at radius 3 is 2.43 bits per heavy atom. The molecule has 3 N–H and O–H groups in total. The highest BCUT2D eigenvalue weighted by Gasteiger charge is 2.07. The Kier molecular flexibility index (Phi) is 4.81. The quantitative estimate of drug-likeness (QED) is 0.850. The van der Waals surface area contributed by atoms with Crippen LogP contribution in [0.4, 0.5) is 17.5 Å². The molecule has 0 aliphatic rings. The lowest BCUT2D eigenvalue weighted by Gasteiger charge is -2.13. The molecule has 1 aromatic heterocycles. The van der Waals surface area contributed by atoms with Crippen LogP contribution in [-0.2, 0) is 0 Å². The van der Waals surface area contributed by atoms with E-state index in [4.69, 9.17) is 15.2 Å². The topological polar surface area (TPSA) is 82.3 Å². The Hall–Kier alpha value is -2.50. The molecule has 0 spiro atoms. The van der Waals surface area contributed by atoms with E-state index in [1.54, 1.807) is 0 Å². The lowest BCUT2D eigenvalue weighted by atomic mass is 10.2. The van der Waals surface area contributed by atoms with Gasteiger partial charge in [0, 0.05) is 23.5 Å². The van der Waals surface area contributed by atoms with Crippen molar-refractivity contribution in [3.05, 3.63) is 30.0 Å². The number of anilines is 3. The molecule has 0 unspecified atom stereocenters. The molecule has 2 aromatic rings. The van der Waals surface area contributed by atoms with E-state index in [0.29, 0.717) is 24.8 Å². The largest absolute Gasteiger partial charge is 0.490 e. The van der Waals surface area contributed by atoms with Crippen LogP contribution in [0.25, 0.3) is 0 Å². The Morgan fingerprint density at radius 1 is 1.05 bits per heavy atom. The van der Waals surface area contributed by atoms with E-state index in [2.05, 4.69) is 15.3 Å². The number of nitrogens with one attached hydrogen (secondary N) is 1. The van der Waals surface area contributed by atoms with E-state index >= 15 is 0 Å². The van der Waals surface area contributed by atoms with Gasteiger partial charge in [0.2, 0.25) is 5.95 Å². The monoisotopic (exact) mass is 288 g/mol. The van der Waals surface area contributed by atoms with Crippen molar-refractivity contribution in [3.8, 4) is 11.5 Å². The van der Waals surface area contributed by atoms with Crippen molar-refractivity contribution in [3.63, 3.8) is 0 Å². The van der Waals surface area contributed by atoms with E-state index in [1.807, 2.05) is 45.0 Å². The molecule has 6 nitrogen and oxygen atoms in total. The van der Waals surface area contributed by atoms with Crippen molar-refractivity contribution in [2.75, 3.05) is 24.3 Å². The molecular formula is C15H20N4O2. The highest BCUT2D eigenvalue weighted by Crippen LogP contribution is 2.31. The normalized spacial score (nSPS) is 10.2. The maximum absolute atomic E-state index is 5.65. The Morgan fingerprint density at radius 2 is 1.76 bits per heavy atom. The molecule has 0 fully saturated rings. The fraction of sp³-hybridized carbons (Fsp3) is 0.333. The van der Waals surface area contributed by atoms with Crippen LogP contribution in [0.3, 0.4) is 0 Å². The fourth-order valence-corrected chi connectivity index (χ4v) is 1.93. The lowest BCUT2D eigenvalue weighted by molar-refractivity contribution is 0.288. The average molecular weight is 288 g/mol. The minimum atomic E-state index is 0.244. The summed E-state index contributed by atoms with van der Waals surface area (Å²) in [5, 5.41) is 3.19. The maximum atomic E-state index is 5.65. The summed E-state index contributed by atoms with van der Waals surface area (Å²) in [4.78, 5) is 8.19. The van der Waals surface area contributed by atoms with Gasteiger partial charge in [0.05, 0.1) is 13.2 Å². The molecule has 0 saturated carbocycles. The van der Waals surface area contributed by atoms with Gasteiger partial charge in [-0.3, -0.25) is 0 Å². The number of nitrogen functional groups attached to an aromatic ring is 1. The van der Waals surface area contributed by atoms with Crippen LogP contribution < -0.4 is 20.5 Å². The van der Waals surface area contributed by atoms with E-state index in [0.717, 1.165) is 17.1 Å². The number of ether oxygens (including phenoxy) is 2. The van der Waals surface area contributed by atoms with E-state index in [1.165, 1.54) is 0 Å². The molecule has 0 radical (unpaired) electrons. The third-order valence-electron chi connectivity index (χ3n) is 2.69. The third-order valence-corrected chi connectivity index (χ3v) is 2.69. The van der Waals surface area contributed by atoms with Crippen LogP contribution in [0.15, 0.2) is 24.3 Å². The SMILES string of the molecule is CCOc1ccc(Nc2cc(C)nc(N)n2)cc1OCC. The Labute approximate surface area is 124 Å². The molecule has 0 amide bonds. The van der Waals surface area contributed by atoms with Gasteiger partial charge in [0.1, 0.15) is 5.82 Å². The van der Waals surface area contributed by atoms with Gasteiger partial charge in [-0.05, 0) is 32.9 Å². The first-order chi connectivity index (χ1) is 10.1. The minimum Gasteiger partial charge on any atom is -0.490 e. The average Bonchev–Trinajstić information content (AvgIpc) is 2.41. The predicted molar refractivity (Wildman–Crippen MR) is 83.2 cm³/mol. The molecule has 0 aliphatic carbocycles. The van der Waals surface area contributed by atoms with Crippen LogP contribution in [0.2, 0.25) is 0 Å².